The van der Waals surface area contributed by atoms with E-state index >= 15 is 0 Å². The molecule has 0 aliphatic rings. The Balaban J connectivity index is 2.91. The van der Waals surface area contributed by atoms with Crippen LogP contribution in [0.5, 0.6) is 0 Å². The van der Waals surface area contributed by atoms with Crippen LogP contribution >= 0.6 is 11.8 Å². The Morgan fingerprint density at radius 1 is 1.47 bits per heavy atom. The highest BCUT2D eigenvalue weighted by Crippen LogP contribution is 2.25. The van der Waals surface area contributed by atoms with Crippen LogP contribution in [0.4, 0.5) is 5.69 Å². The molecular formula is C11H16N2OS. The highest BCUT2D eigenvalue weighted by atomic mass is 32.2. The van der Waals surface area contributed by atoms with E-state index in [1.165, 1.54) is 0 Å². The molecule has 3 nitrogen and oxygen atoms in total. The fourth-order valence-electron chi connectivity index (χ4n) is 1.22. The second-order valence-electron chi connectivity index (χ2n) is 3.05. The average molecular weight is 224 g/mol. The van der Waals surface area contributed by atoms with Gasteiger partial charge < -0.3 is 11.1 Å². The van der Waals surface area contributed by atoms with Gasteiger partial charge in [-0.05, 0) is 30.9 Å². The lowest BCUT2D eigenvalue weighted by Gasteiger charge is -2.07. The van der Waals surface area contributed by atoms with Crippen molar-refractivity contribution in [1.82, 2.24) is 5.32 Å². The lowest BCUT2D eigenvalue weighted by molar-refractivity contribution is 0.0955. The molecule has 1 aromatic carbocycles. The Hall–Kier alpha value is -1.16. The maximum atomic E-state index is 11.6. The fourth-order valence-corrected chi connectivity index (χ4v) is 1.97. The molecule has 3 N–H and O–H groups in total. The Morgan fingerprint density at radius 3 is 2.80 bits per heavy atom. The van der Waals surface area contributed by atoms with Crippen LogP contribution in [0, 0.1) is 0 Å². The Morgan fingerprint density at radius 2 is 2.20 bits per heavy atom. The number of thioether (sulfide) groups is 1. The molecule has 1 amide bonds. The molecule has 0 heterocycles. The van der Waals surface area contributed by atoms with Gasteiger partial charge >= 0.3 is 0 Å². The summed E-state index contributed by atoms with van der Waals surface area (Å²) in [7, 11) is 0. The summed E-state index contributed by atoms with van der Waals surface area (Å²) >= 11 is 1.65. The first-order chi connectivity index (χ1) is 7.19. The number of nitrogens with one attached hydrogen (secondary N) is 1. The van der Waals surface area contributed by atoms with Crippen molar-refractivity contribution in [3.8, 4) is 0 Å². The standard InChI is InChI=1S/C11H16N2OS/c1-3-13-11(14)8-5-6-9(12)10(7-8)15-4-2/h5-7H,3-4,12H2,1-2H3,(H,13,14). The van der Waals surface area contributed by atoms with Crippen molar-refractivity contribution < 1.29 is 4.79 Å². The van der Waals surface area contributed by atoms with Gasteiger partial charge in [0.25, 0.3) is 5.91 Å². The largest absolute Gasteiger partial charge is 0.398 e. The third-order valence-corrected chi connectivity index (χ3v) is 2.87. The van der Waals surface area contributed by atoms with Crippen LogP contribution in [0.1, 0.15) is 24.2 Å². The van der Waals surface area contributed by atoms with Gasteiger partial charge in [-0.3, -0.25) is 4.79 Å². The molecular weight excluding hydrogens is 208 g/mol. The number of carbonyl (C=O) groups excluding carboxylic acids is 1. The van der Waals surface area contributed by atoms with Gasteiger partial charge in [-0.25, -0.2) is 0 Å². The normalized spacial score (nSPS) is 10.0. The molecule has 0 aliphatic carbocycles. The van der Waals surface area contributed by atoms with Gasteiger partial charge in [-0.1, -0.05) is 6.92 Å². The minimum absolute atomic E-state index is 0.0459. The first kappa shape index (κ1) is 11.9. The first-order valence-electron chi connectivity index (χ1n) is 4.99. The minimum atomic E-state index is -0.0459. The predicted molar refractivity (Wildman–Crippen MR) is 65.3 cm³/mol. The van der Waals surface area contributed by atoms with Crippen LogP contribution < -0.4 is 11.1 Å². The van der Waals surface area contributed by atoms with Crippen molar-refractivity contribution in [3.63, 3.8) is 0 Å². The predicted octanol–water partition coefficient (Wildman–Crippen LogP) is 2.13. The summed E-state index contributed by atoms with van der Waals surface area (Å²) in [6, 6.07) is 5.37. The van der Waals surface area contributed by atoms with Gasteiger partial charge in [0.05, 0.1) is 0 Å². The van der Waals surface area contributed by atoms with Crippen molar-refractivity contribution in [1.29, 1.82) is 0 Å². The molecule has 0 unspecified atom stereocenters. The van der Waals surface area contributed by atoms with Crippen LogP contribution in [0.25, 0.3) is 0 Å². The molecule has 0 spiro atoms. The maximum Gasteiger partial charge on any atom is 0.251 e. The van der Waals surface area contributed by atoms with Crippen LogP contribution in [0.2, 0.25) is 0 Å². The van der Waals surface area contributed by atoms with E-state index in [-0.39, 0.29) is 5.91 Å². The number of anilines is 1. The lowest BCUT2D eigenvalue weighted by Crippen LogP contribution is -2.22. The second-order valence-corrected chi connectivity index (χ2v) is 4.35. The summed E-state index contributed by atoms with van der Waals surface area (Å²) in [4.78, 5) is 12.5. The smallest absolute Gasteiger partial charge is 0.251 e. The second kappa shape index (κ2) is 5.66. The van der Waals surface area contributed by atoms with E-state index in [2.05, 4.69) is 12.2 Å². The van der Waals surface area contributed by atoms with Crippen LogP contribution in [-0.2, 0) is 0 Å². The van der Waals surface area contributed by atoms with E-state index in [0.29, 0.717) is 12.1 Å². The van der Waals surface area contributed by atoms with E-state index < -0.39 is 0 Å². The number of hydrogen-bond donors (Lipinski definition) is 2. The highest BCUT2D eigenvalue weighted by Gasteiger charge is 2.07. The van der Waals surface area contributed by atoms with Gasteiger partial charge in [0.2, 0.25) is 0 Å². The molecule has 0 fully saturated rings. The van der Waals surface area contributed by atoms with Crippen molar-refractivity contribution in [2.45, 2.75) is 18.7 Å². The zero-order valence-corrected chi connectivity index (χ0v) is 9.86. The van der Waals surface area contributed by atoms with Crippen LogP contribution in [0.3, 0.4) is 0 Å². The molecule has 1 aromatic rings. The molecule has 0 radical (unpaired) electrons. The molecule has 0 saturated carbocycles. The van der Waals surface area contributed by atoms with E-state index in [1.54, 1.807) is 23.9 Å². The highest BCUT2D eigenvalue weighted by molar-refractivity contribution is 7.99. The van der Waals surface area contributed by atoms with Gasteiger partial charge in [-0.15, -0.1) is 11.8 Å². The Labute approximate surface area is 94.4 Å². The van der Waals surface area contributed by atoms with Gasteiger partial charge in [-0.2, -0.15) is 0 Å². The zero-order chi connectivity index (χ0) is 11.3. The number of benzene rings is 1. The van der Waals surface area contributed by atoms with Crippen molar-refractivity contribution >= 4 is 23.4 Å². The summed E-state index contributed by atoms with van der Waals surface area (Å²) in [5.41, 5.74) is 7.20. The maximum absolute atomic E-state index is 11.6. The fraction of sp³-hybridized carbons (Fsp3) is 0.364. The van der Waals surface area contributed by atoms with Gasteiger partial charge in [0.15, 0.2) is 0 Å². The Bertz CT molecular complexity index is 352. The van der Waals surface area contributed by atoms with E-state index in [9.17, 15) is 4.79 Å². The number of hydrogen-bond acceptors (Lipinski definition) is 3. The van der Waals surface area contributed by atoms with Gasteiger partial charge in [0, 0.05) is 22.7 Å². The molecule has 4 heteroatoms. The molecule has 0 saturated heterocycles. The molecule has 0 aromatic heterocycles. The summed E-state index contributed by atoms with van der Waals surface area (Å²) in [6.07, 6.45) is 0. The summed E-state index contributed by atoms with van der Waals surface area (Å²) < 4.78 is 0. The number of amides is 1. The lowest BCUT2D eigenvalue weighted by atomic mass is 10.2. The molecule has 82 valence electrons. The van der Waals surface area contributed by atoms with Crippen molar-refractivity contribution in [3.05, 3.63) is 23.8 Å². The minimum Gasteiger partial charge on any atom is -0.398 e. The van der Waals surface area contributed by atoms with E-state index in [4.69, 9.17) is 5.73 Å². The summed E-state index contributed by atoms with van der Waals surface area (Å²) in [6.45, 7) is 4.60. The number of nitrogens with two attached hydrogens (primary N) is 1. The molecule has 15 heavy (non-hydrogen) atoms. The Kier molecular flexibility index (Phi) is 4.49. The summed E-state index contributed by atoms with van der Waals surface area (Å²) in [5, 5.41) is 2.76. The first-order valence-corrected chi connectivity index (χ1v) is 5.98. The summed E-state index contributed by atoms with van der Waals surface area (Å²) in [5.74, 6) is 0.902. The molecule has 0 bridgehead atoms. The van der Waals surface area contributed by atoms with Crippen LogP contribution in [-0.4, -0.2) is 18.2 Å². The third-order valence-electron chi connectivity index (χ3n) is 1.91. The van der Waals surface area contributed by atoms with E-state index in [1.807, 2.05) is 13.0 Å². The van der Waals surface area contributed by atoms with Crippen LogP contribution in [0.15, 0.2) is 23.1 Å². The number of rotatable bonds is 4. The molecule has 0 aliphatic heterocycles. The molecule has 0 atom stereocenters. The van der Waals surface area contributed by atoms with Crippen molar-refractivity contribution in [2.75, 3.05) is 18.0 Å². The number of nitrogen functional groups attached to an aromatic ring is 1. The topological polar surface area (TPSA) is 55.1 Å². The number of carbonyl (C=O) groups is 1. The monoisotopic (exact) mass is 224 g/mol. The van der Waals surface area contributed by atoms with Crippen molar-refractivity contribution in [2.24, 2.45) is 0 Å². The molecule has 1 rings (SSSR count). The zero-order valence-electron chi connectivity index (χ0n) is 9.04. The van der Waals surface area contributed by atoms with E-state index in [0.717, 1.165) is 16.3 Å². The SMILES string of the molecule is CCNC(=O)c1ccc(N)c(SCC)c1. The van der Waals surface area contributed by atoms with Gasteiger partial charge in [0.1, 0.15) is 0 Å². The third kappa shape index (κ3) is 3.16. The quantitative estimate of drug-likeness (QED) is 0.608. The average Bonchev–Trinajstić information content (AvgIpc) is 2.22.